The third-order valence-electron chi connectivity index (χ3n) is 4.06. The monoisotopic (exact) mass is 329 g/mol. The molecule has 5 nitrogen and oxygen atoms in total. The number of amidine groups is 1. The van der Waals surface area contributed by atoms with Crippen molar-refractivity contribution in [1.82, 2.24) is 9.88 Å². The molecule has 1 aromatic heterocycles. The van der Waals surface area contributed by atoms with E-state index in [2.05, 4.69) is 10.1 Å². The van der Waals surface area contributed by atoms with Gasteiger partial charge < -0.3 is 14.8 Å². The molecule has 1 aliphatic rings. The highest BCUT2D eigenvalue weighted by atomic mass is 19.1. The molecule has 24 heavy (non-hydrogen) atoms. The van der Waals surface area contributed by atoms with Gasteiger partial charge in [-0.1, -0.05) is 23.4 Å². The van der Waals surface area contributed by atoms with Crippen LogP contribution in [-0.2, 0) is 6.61 Å². The molecule has 0 atom stereocenters. The SMILES string of the molecule is Cc1ccc(/C(=N/O)N2CCCC2)c(OCc2ccccc2F)n1. The summed E-state index contributed by atoms with van der Waals surface area (Å²) in [6.45, 7) is 3.58. The van der Waals surface area contributed by atoms with Crippen LogP contribution in [0.2, 0.25) is 0 Å². The Balaban J connectivity index is 1.86. The van der Waals surface area contributed by atoms with Crippen LogP contribution in [0.1, 0.15) is 29.7 Å². The fourth-order valence-corrected chi connectivity index (χ4v) is 2.79. The van der Waals surface area contributed by atoms with Gasteiger partial charge in [0.2, 0.25) is 5.88 Å². The molecule has 6 heteroatoms. The van der Waals surface area contributed by atoms with Crippen LogP contribution >= 0.6 is 0 Å². The lowest BCUT2D eigenvalue weighted by Gasteiger charge is -2.20. The Kier molecular flexibility index (Phi) is 4.93. The normalized spacial score (nSPS) is 14.9. The van der Waals surface area contributed by atoms with Crippen molar-refractivity contribution >= 4 is 5.84 Å². The average molecular weight is 329 g/mol. The van der Waals surface area contributed by atoms with Gasteiger partial charge in [-0.25, -0.2) is 9.37 Å². The number of benzene rings is 1. The van der Waals surface area contributed by atoms with Gasteiger partial charge in [-0.2, -0.15) is 0 Å². The maximum atomic E-state index is 13.8. The fourth-order valence-electron chi connectivity index (χ4n) is 2.79. The summed E-state index contributed by atoms with van der Waals surface area (Å²) in [6, 6.07) is 10.1. The maximum absolute atomic E-state index is 13.8. The number of halogens is 1. The number of nitrogens with zero attached hydrogens (tertiary/aromatic N) is 3. The third kappa shape index (κ3) is 3.48. The van der Waals surface area contributed by atoms with Gasteiger partial charge in [0.25, 0.3) is 0 Å². The van der Waals surface area contributed by atoms with Crippen molar-refractivity contribution in [3.05, 3.63) is 59.0 Å². The lowest BCUT2D eigenvalue weighted by Crippen LogP contribution is -2.29. The second-order valence-corrected chi connectivity index (χ2v) is 5.80. The summed E-state index contributed by atoms with van der Waals surface area (Å²) in [7, 11) is 0. The molecule has 1 aromatic carbocycles. The first kappa shape index (κ1) is 16.2. The minimum atomic E-state index is -0.317. The van der Waals surface area contributed by atoms with E-state index in [1.54, 1.807) is 18.2 Å². The summed E-state index contributed by atoms with van der Waals surface area (Å²) in [5, 5.41) is 12.9. The number of aryl methyl sites for hydroxylation is 1. The Morgan fingerprint density at radius 3 is 2.71 bits per heavy atom. The number of hydrogen-bond acceptors (Lipinski definition) is 4. The molecule has 1 N–H and O–H groups in total. The van der Waals surface area contributed by atoms with E-state index in [0.717, 1.165) is 31.6 Å². The van der Waals surface area contributed by atoms with Crippen molar-refractivity contribution < 1.29 is 14.3 Å². The zero-order chi connectivity index (χ0) is 16.9. The van der Waals surface area contributed by atoms with E-state index in [-0.39, 0.29) is 12.4 Å². The van der Waals surface area contributed by atoms with Crippen molar-refractivity contribution in [3.8, 4) is 5.88 Å². The smallest absolute Gasteiger partial charge is 0.225 e. The van der Waals surface area contributed by atoms with Crippen LogP contribution in [0.5, 0.6) is 5.88 Å². The highest BCUT2D eigenvalue weighted by molar-refractivity contribution is 6.00. The Labute approximate surface area is 140 Å². The molecule has 0 spiro atoms. The van der Waals surface area contributed by atoms with Crippen molar-refractivity contribution in [2.24, 2.45) is 5.16 Å². The van der Waals surface area contributed by atoms with E-state index in [9.17, 15) is 9.60 Å². The largest absolute Gasteiger partial charge is 0.472 e. The molecule has 0 unspecified atom stereocenters. The quantitative estimate of drug-likeness (QED) is 0.404. The van der Waals surface area contributed by atoms with Crippen LogP contribution in [0.25, 0.3) is 0 Å². The Morgan fingerprint density at radius 2 is 2.00 bits per heavy atom. The van der Waals surface area contributed by atoms with E-state index in [1.165, 1.54) is 6.07 Å². The topological polar surface area (TPSA) is 58.0 Å². The number of oxime groups is 1. The van der Waals surface area contributed by atoms with E-state index < -0.39 is 0 Å². The number of aromatic nitrogens is 1. The second-order valence-electron chi connectivity index (χ2n) is 5.80. The zero-order valence-corrected chi connectivity index (χ0v) is 13.6. The van der Waals surface area contributed by atoms with Gasteiger partial charge in [-0.3, -0.25) is 0 Å². The zero-order valence-electron chi connectivity index (χ0n) is 13.6. The number of rotatable bonds is 4. The Morgan fingerprint density at radius 1 is 1.25 bits per heavy atom. The average Bonchev–Trinajstić information content (AvgIpc) is 3.11. The molecule has 126 valence electrons. The summed E-state index contributed by atoms with van der Waals surface area (Å²) in [5.41, 5.74) is 1.85. The van der Waals surface area contributed by atoms with Crippen molar-refractivity contribution in [3.63, 3.8) is 0 Å². The van der Waals surface area contributed by atoms with Crippen molar-refractivity contribution in [2.45, 2.75) is 26.4 Å². The molecule has 0 saturated carbocycles. The van der Waals surface area contributed by atoms with Crippen LogP contribution in [-0.4, -0.2) is 34.0 Å². The summed E-state index contributed by atoms with van der Waals surface area (Å²) in [5.74, 6) is 0.476. The predicted molar refractivity (Wildman–Crippen MR) is 88.8 cm³/mol. The van der Waals surface area contributed by atoms with Gasteiger partial charge in [-0.05, 0) is 38.0 Å². The minimum absolute atomic E-state index is 0.0643. The highest BCUT2D eigenvalue weighted by Crippen LogP contribution is 2.23. The fraction of sp³-hybridized carbons (Fsp3) is 0.333. The van der Waals surface area contributed by atoms with Gasteiger partial charge in [-0.15, -0.1) is 0 Å². The van der Waals surface area contributed by atoms with Crippen LogP contribution in [0.4, 0.5) is 4.39 Å². The van der Waals surface area contributed by atoms with E-state index in [0.29, 0.717) is 22.8 Å². The Bertz CT molecular complexity index is 743. The number of pyridine rings is 1. The van der Waals surface area contributed by atoms with Gasteiger partial charge in [0.1, 0.15) is 12.4 Å². The highest BCUT2D eigenvalue weighted by Gasteiger charge is 2.22. The second kappa shape index (κ2) is 7.29. The van der Waals surface area contributed by atoms with Crippen molar-refractivity contribution in [1.29, 1.82) is 0 Å². The molecule has 0 bridgehead atoms. The molecule has 3 rings (SSSR count). The molecular formula is C18H20FN3O2. The minimum Gasteiger partial charge on any atom is -0.472 e. The van der Waals surface area contributed by atoms with Gasteiger partial charge in [0.05, 0.1) is 5.56 Å². The van der Waals surface area contributed by atoms with Crippen LogP contribution in [0.15, 0.2) is 41.6 Å². The molecule has 0 amide bonds. The summed E-state index contributed by atoms with van der Waals surface area (Å²) < 4.78 is 19.5. The lowest BCUT2D eigenvalue weighted by molar-refractivity contribution is 0.283. The van der Waals surface area contributed by atoms with Crippen LogP contribution in [0.3, 0.4) is 0 Å². The van der Waals surface area contributed by atoms with E-state index in [1.807, 2.05) is 24.0 Å². The third-order valence-corrected chi connectivity index (χ3v) is 4.06. The Hall–Kier alpha value is -2.63. The van der Waals surface area contributed by atoms with Gasteiger partial charge >= 0.3 is 0 Å². The maximum Gasteiger partial charge on any atom is 0.225 e. The molecule has 1 aliphatic heterocycles. The van der Waals surface area contributed by atoms with Gasteiger partial charge in [0.15, 0.2) is 5.84 Å². The summed E-state index contributed by atoms with van der Waals surface area (Å²) >= 11 is 0. The molecule has 2 aromatic rings. The molecule has 1 saturated heterocycles. The van der Waals surface area contributed by atoms with Crippen LogP contribution < -0.4 is 4.74 Å². The van der Waals surface area contributed by atoms with E-state index >= 15 is 0 Å². The molecule has 0 aliphatic carbocycles. The standard InChI is InChI=1S/C18H20FN3O2/c1-13-8-9-15(17(21-23)22-10-4-5-11-22)18(20-13)24-12-14-6-2-3-7-16(14)19/h2-3,6-9,23H,4-5,10-12H2,1H3/b21-17-. The first-order valence-corrected chi connectivity index (χ1v) is 8.00. The first-order valence-electron chi connectivity index (χ1n) is 8.00. The van der Waals surface area contributed by atoms with E-state index in [4.69, 9.17) is 4.74 Å². The predicted octanol–water partition coefficient (Wildman–Crippen LogP) is 3.34. The molecular weight excluding hydrogens is 309 g/mol. The molecule has 2 heterocycles. The molecule has 0 radical (unpaired) electrons. The lowest BCUT2D eigenvalue weighted by atomic mass is 10.2. The first-order chi connectivity index (χ1) is 11.7. The number of likely N-dealkylation sites (tertiary alicyclic amines) is 1. The summed E-state index contributed by atoms with van der Waals surface area (Å²) in [4.78, 5) is 6.40. The van der Waals surface area contributed by atoms with Crippen LogP contribution in [0, 0.1) is 12.7 Å². The molecule has 1 fully saturated rings. The van der Waals surface area contributed by atoms with Crippen molar-refractivity contribution in [2.75, 3.05) is 13.1 Å². The number of hydrogen-bond donors (Lipinski definition) is 1. The van der Waals surface area contributed by atoms with Gasteiger partial charge in [0, 0.05) is 24.3 Å². The summed E-state index contributed by atoms with van der Waals surface area (Å²) in [6.07, 6.45) is 2.12. The number of ether oxygens (including phenoxy) is 1.